The summed E-state index contributed by atoms with van der Waals surface area (Å²) in [6, 6.07) is 3.29. The molecule has 33 heavy (non-hydrogen) atoms. The van der Waals surface area contributed by atoms with Gasteiger partial charge in [0.1, 0.15) is 5.69 Å². The van der Waals surface area contributed by atoms with Crippen molar-refractivity contribution in [2.75, 3.05) is 11.9 Å². The van der Waals surface area contributed by atoms with Crippen molar-refractivity contribution in [3.8, 4) is 5.69 Å². The molecule has 3 atom stereocenters. The van der Waals surface area contributed by atoms with E-state index >= 15 is 0 Å². The maximum absolute atomic E-state index is 14.3. The minimum atomic E-state index is -4.68. The van der Waals surface area contributed by atoms with Gasteiger partial charge >= 0.3 is 6.18 Å². The number of nitrogens with one attached hydrogen (secondary N) is 1. The van der Waals surface area contributed by atoms with Gasteiger partial charge in [0, 0.05) is 24.5 Å². The second-order valence-corrected chi connectivity index (χ2v) is 8.30. The van der Waals surface area contributed by atoms with E-state index < -0.39 is 17.6 Å². The van der Waals surface area contributed by atoms with E-state index in [0.717, 1.165) is 0 Å². The molecule has 1 saturated heterocycles. The highest BCUT2D eigenvalue weighted by Gasteiger charge is 2.48. The standard InChI is InChI=1S/C21H19F4N7O/c1-11-2-3-16(32-27-4-5-28-32)18(29-11)20(33)31-10-12-6-15(17(31)7-12)30-19-14(22)8-13(9-26-19)21(23,24)25/h2-5,8-9,12,15,17H,6-7,10H2,1H3,(H,26,30)/t12-,15+,17-/m0/s1. The topological polar surface area (TPSA) is 88.8 Å². The lowest BCUT2D eigenvalue weighted by Crippen LogP contribution is -2.48. The molecule has 1 N–H and O–H groups in total. The number of hydrogen-bond donors (Lipinski definition) is 1. The van der Waals surface area contributed by atoms with Crippen LogP contribution in [-0.4, -0.2) is 54.4 Å². The van der Waals surface area contributed by atoms with E-state index in [9.17, 15) is 22.4 Å². The van der Waals surface area contributed by atoms with Crippen molar-refractivity contribution in [2.24, 2.45) is 5.92 Å². The molecule has 3 aromatic rings. The van der Waals surface area contributed by atoms with Crippen LogP contribution in [0.2, 0.25) is 0 Å². The third-order valence-corrected chi connectivity index (χ3v) is 6.08. The Balaban J connectivity index is 1.39. The molecular weight excluding hydrogens is 442 g/mol. The van der Waals surface area contributed by atoms with Gasteiger partial charge in [-0.2, -0.15) is 23.4 Å². The van der Waals surface area contributed by atoms with Crippen molar-refractivity contribution < 1.29 is 22.4 Å². The van der Waals surface area contributed by atoms with E-state index in [1.54, 1.807) is 24.0 Å². The monoisotopic (exact) mass is 461 g/mol. The molecule has 1 saturated carbocycles. The van der Waals surface area contributed by atoms with Crippen LogP contribution in [-0.2, 0) is 6.18 Å². The lowest BCUT2D eigenvalue weighted by Gasteiger charge is -2.34. The first-order valence-corrected chi connectivity index (χ1v) is 10.4. The van der Waals surface area contributed by atoms with Crippen LogP contribution in [0, 0.1) is 18.7 Å². The van der Waals surface area contributed by atoms with E-state index in [1.165, 1.54) is 17.2 Å². The number of aromatic nitrogens is 5. The normalized spacial score (nSPS) is 22.1. The molecule has 0 radical (unpaired) electrons. The summed E-state index contributed by atoms with van der Waals surface area (Å²) in [6.45, 7) is 2.29. The summed E-state index contributed by atoms with van der Waals surface area (Å²) in [6.07, 6.45) is 0.277. The number of pyridine rings is 2. The molecule has 0 unspecified atom stereocenters. The molecule has 172 valence electrons. The average Bonchev–Trinajstić information content (AvgIpc) is 3.51. The molecule has 1 aliphatic heterocycles. The molecule has 0 aromatic carbocycles. The molecule has 3 aromatic heterocycles. The fourth-order valence-corrected chi connectivity index (χ4v) is 4.63. The number of carbonyl (C=O) groups is 1. The number of nitrogens with zero attached hydrogens (tertiary/aromatic N) is 6. The highest BCUT2D eigenvalue weighted by Crippen LogP contribution is 2.40. The molecule has 1 aliphatic carbocycles. The summed E-state index contributed by atoms with van der Waals surface area (Å²) in [4.78, 5) is 24.5. The summed E-state index contributed by atoms with van der Waals surface area (Å²) in [5, 5.41) is 11.1. The predicted molar refractivity (Wildman–Crippen MR) is 108 cm³/mol. The molecule has 2 aliphatic rings. The van der Waals surface area contributed by atoms with Gasteiger partial charge in [-0.1, -0.05) is 0 Å². The summed E-state index contributed by atoms with van der Waals surface area (Å²) in [5.41, 5.74) is 0.152. The SMILES string of the molecule is Cc1ccc(-n2nccn2)c(C(=O)N2C[C@H]3C[C@@H](Nc4ncc(C(F)(F)F)cc4F)[C@@H]2C3)n1. The predicted octanol–water partition coefficient (Wildman–Crippen LogP) is 3.24. The smallest absolute Gasteiger partial charge is 0.363 e. The quantitative estimate of drug-likeness (QED) is 0.601. The Hall–Kier alpha value is -3.57. The minimum Gasteiger partial charge on any atom is -0.363 e. The van der Waals surface area contributed by atoms with Gasteiger partial charge in [0.05, 0.1) is 24.0 Å². The third kappa shape index (κ3) is 3.89. The summed E-state index contributed by atoms with van der Waals surface area (Å²) >= 11 is 0. The van der Waals surface area contributed by atoms with Crippen LogP contribution < -0.4 is 5.32 Å². The minimum absolute atomic E-state index is 0.185. The Labute approximate surface area is 185 Å². The molecule has 4 heterocycles. The van der Waals surface area contributed by atoms with E-state index in [2.05, 4.69) is 25.5 Å². The molecule has 0 spiro atoms. The number of piperidine rings is 1. The number of alkyl halides is 3. The second-order valence-electron chi connectivity index (χ2n) is 8.30. The van der Waals surface area contributed by atoms with Crippen molar-refractivity contribution in [3.05, 3.63) is 59.6 Å². The van der Waals surface area contributed by atoms with Crippen LogP contribution in [0.1, 0.15) is 34.6 Å². The lowest BCUT2D eigenvalue weighted by atomic mass is 10.0. The van der Waals surface area contributed by atoms with E-state index in [0.29, 0.717) is 43.0 Å². The van der Waals surface area contributed by atoms with Gasteiger partial charge in [-0.3, -0.25) is 4.79 Å². The Bertz CT molecular complexity index is 1200. The molecule has 12 heteroatoms. The van der Waals surface area contributed by atoms with Crippen LogP contribution in [0.4, 0.5) is 23.4 Å². The first kappa shape index (κ1) is 21.3. The number of hydrogen-bond acceptors (Lipinski definition) is 6. The second kappa shape index (κ2) is 7.78. The van der Waals surface area contributed by atoms with E-state index in [4.69, 9.17) is 0 Å². The number of anilines is 1. The lowest BCUT2D eigenvalue weighted by molar-refractivity contribution is -0.138. The Morgan fingerprint density at radius 3 is 2.61 bits per heavy atom. The zero-order chi connectivity index (χ0) is 23.3. The van der Waals surface area contributed by atoms with Gasteiger partial charge in [0.2, 0.25) is 0 Å². The average molecular weight is 461 g/mol. The van der Waals surface area contributed by atoms with Gasteiger partial charge in [-0.15, -0.1) is 4.80 Å². The number of aryl methyl sites for hydroxylation is 1. The number of likely N-dealkylation sites (tertiary alicyclic amines) is 1. The number of amides is 1. The van der Waals surface area contributed by atoms with Crippen molar-refractivity contribution in [1.82, 2.24) is 29.9 Å². The van der Waals surface area contributed by atoms with Gasteiger partial charge in [-0.05, 0) is 43.9 Å². The molecule has 8 nitrogen and oxygen atoms in total. The Morgan fingerprint density at radius 2 is 1.94 bits per heavy atom. The number of rotatable bonds is 4. The van der Waals surface area contributed by atoms with Crippen LogP contribution in [0.3, 0.4) is 0 Å². The number of fused-ring (bicyclic) bond motifs is 2. The summed E-state index contributed by atoms with van der Waals surface area (Å²) in [5.74, 6) is -1.46. The maximum atomic E-state index is 14.3. The highest BCUT2D eigenvalue weighted by atomic mass is 19.4. The van der Waals surface area contributed by atoms with E-state index in [1.807, 2.05) is 0 Å². The fraction of sp³-hybridized carbons (Fsp3) is 0.381. The maximum Gasteiger partial charge on any atom is 0.417 e. The molecular formula is C21H19F4N7O. The van der Waals surface area contributed by atoms with Crippen LogP contribution in [0.5, 0.6) is 0 Å². The largest absolute Gasteiger partial charge is 0.417 e. The Morgan fingerprint density at radius 1 is 1.18 bits per heavy atom. The number of carbonyl (C=O) groups excluding carboxylic acids is 1. The van der Waals surface area contributed by atoms with Gasteiger partial charge in [0.15, 0.2) is 17.3 Å². The van der Waals surface area contributed by atoms with Crippen LogP contribution in [0.25, 0.3) is 5.69 Å². The van der Waals surface area contributed by atoms with Crippen LogP contribution >= 0.6 is 0 Å². The van der Waals surface area contributed by atoms with E-state index in [-0.39, 0.29) is 35.4 Å². The van der Waals surface area contributed by atoms with Gasteiger partial charge in [0.25, 0.3) is 5.91 Å². The summed E-state index contributed by atoms with van der Waals surface area (Å²) < 4.78 is 52.7. The summed E-state index contributed by atoms with van der Waals surface area (Å²) in [7, 11) is 0. The zero-order valence-electron chi connectivity index (χ0n) is 17.4. The molecule has 5 rings (SSSR count). The molecule has 1 amide bonds. The fourth-order valence-electron chi connectivity index (χ4n) is 4.63. The van der Waals surface area contributed by atoms with Gasteiger partial charge in [-0.25, -0.2) is 14.4 Å². The van der Waals surface area contributed by atoms with Crippen molar-refractivity contribution in [2.45, 2.75) is 38.0 Å². The molecule has 2 bridgehead atoms. The number of halogens is 4. The van der Waals surface area contributed by atoms with Crippen molar-refractivity contribution in [3.63, 3.8) is 0 Å². The third-order valence-electron chi connectivity index (χ3n) is 6.08. The first-order valence-electron chi connectivity index (χ1n) is 10.4. The Kier molecular flexibility index (Phi) is 5.02. The zero-order valence-corrected chi connectivity index (χ0v) is 17.4. The first-order chi connectivity index (χ1) is 15.7. The van der Waals surface area contributed by atoms with Gasteiger partial charge < -0.3 is 10.2 Å². The van der Waals surface area contributed by atoms with Crippen LogP contribution in [0.15, 0.2) is 36.8 Å². The highest BCUT2D eigenvalue weighted by molar-refractivity contribution is 5.96. The van der Waals surface area contributed by atoms with Crippen molar-refractivity contribution in [1.29, 1.82) is 0 Å². The molecule has 2 fully saturated rings. The van der Waals surface area contributed by atoms with Crippen molar-refractivity contribution >= 4 is 11.7 Å².